The summed E-state index contributed by atoms with van der Waals surface area (Å²) in [6.45, 7) is 5.01. The van der Waals surface area contributed by atoms with Gasteiger partial charge < -0.3 is 15.7 Å². The van der Waals surface area contributed by atoms with Crippen molar-refractivity contribution in [3.63, 3.8) is 0 Å². The Hall–Kier alpha value is -0.610. The van der Waals surface area contributed by atoms with Gasteiger partial charge in [-0.2, -0.15) is 0 Å². The van der Waals surface area contributed by atoms with E-state index in [1.807, 2.05) is 13.8 Å². The van der Waals surface area contributed by atoms with Crippen LogP contribution in [0.2, 0.25) is 0 Å². The molecule has 0 aromatic rings. The minimum absolute atomic E-state index is 0.162. The SMILES string of the molecule is CN(CCCC(C)(C)C(=N)N)C1CCCCC1O. The lowest BCUT2D eigenvalue weighted by atomic mass is 9.86. The molecule has 0 spiro atoms. The summed E-state index contributed by atoms with van der Waals surface area (Å²) in [5.74, 6) is 0.267. The second-order valence-corrected chi connectivity index (χ2v) is 6.30. The van der Waals surface area contributed by atoms with Crippen LogP contribution in [0.25, 0.3) is 0 Å². The molecule has 0 aromatic carbocycles. The zero-order valence-corrected chi connectivity index (χ0v) is 12.1. The van der Waals surface area contributed by atoms with Crippen molar-refractivity contribution in [3.8, 4) is 0 Å². The Morgan fingerprint density at radius 3 is 2.56 bits per heavy atom. The molecule has 0 saturated heterocycles. The highest BCUT2D eigenvalue weighted by Crippen LogP contribution is 2.25. The molecule has 0 bridgehead atoms. The normalized spacial score (nSPS) is 25.4. The molecule has 1 aliphatic carbocycles. The zero-order chi connectivity index (χ0) is 13.8. The van der Waals surface area contributed by atoms with E-state index >= 15 is 0 Å². The van der Waals surface area contributed by atoms with Crippen molar-refractivity contribution < 1.29 is 5.11 Å². The Kier molecular flexibility index (Phi) is 5.60. The number of hydrogen-bond donors (Lipinski definition) is 3. The Morgan fingerprint density at radius 1 is 1.39 bits per heavy atom. The van der Waals surface area contributed by atoms with E-state index in [-0.39, 0.29) is 17.4 Å². The molecule has 0 radical (unpaired) electrons. The molecular formula is C14H29N3O. The monoisotopic (exact) mass is 255 g/mol. The third-order valence-corrected chi connectivity index (χ3v) is 4.30. The van der Waals surface area contributed by atoms with Crippen molar-refractivity contribution in [3.05, 3.63) is 0 Å². The van der Waals surface area contributed by atoms with E-state index < -0.39 is 0 Å². The Balaban J connectivity index is 2.32. The maximum atomic E-state index is 9.99. The molecule has 1 fully saturated rings. The molecule has 1 rings (SSSR count). The number of nitrogens with one attached hydrogen (secondary N) is 1. The zero-order valence-electron chi connectivity index (χ0n) is 12.1. The summed E-state index contributed by atoms with van der Waals surface area (Å²) in [7, 11) is 2.10. The lowest BCUT2D eigenvalue weighted by Gasteiger charge is -2.35. The predicted octanol–water partition coefficient (Wildman–Crippen LogP) is 1.96. The van der Waals surface area contributed by atoms with Gasteiger partial charge in [0.05, 0.1) is 11.9 Å². The number of rotatable bonds is 6. The molecule has 18 heavy (non-hydrogen) atoms. The molecule has 1 aliphatic rings. The lowest BCUT2D eigenvalue weighted by molar-refractivity contribution is 0.0310. The van der Waals surface area contributed by atoms with Gasteiger partial charge >= 0.3 is 0 Å². The minimum atomic E-state index is -0.202. The first-order valence-electron chi connectivity index (χ1n) is 7.07. The maximum absolute atomic E-state index is 9.99. The second kappa shape index (κ2) is 6.53. The summed E-state index contributed by atoms with van der Waals surface area (Å²) < 4.78 is 0. The van der Waals surface area contributed by atoms with E-state index in [1.165, 1.54) is 6.42 Å². The van der Waals surface area contributed by atoms with Crippen molar-refractivity contribution in [2.75, 3.05) is 13.6 Å². The van der Waals surface area contributed by atoms with E-state index in [0.717, 1.165) is 38.6 Å². The number of nitrogens with two attached hydrogens (primary N) is 1. The van der Waals surface area contributed by atoms with Gasteiger partial charge in [0.1, 0.15) is 0 Å². The van der Waals surface area contributed by atoms with Gasteiger partial charge in [0, 0.05) is 11.5 Å². The Labute approximate surface area is 111 Å². The standard InChI is InChI=1S/C14H29N3O/c1-14(2,13(15)16)9-6-10-17(3)11-7-4-5-8-12(11)18/h11-12,18H,4-10H2,1-3H3,(H3,15,16). The van der Waals surface area contributed by atoms with Gasteiger partial charge in [-0.25, -0.2) is 0 Å². The number of amidine groups is 1. The molecule has 0 heterocycles. The van der Waals surface area contributed by atoms with Crippen LogP contribution in [-0.4, -0.2) is 41.6 Å². The van der Waals surface area contributed by atoms with E-state index in [1.54, 1.807) is 0 Å². The van der Waals surface area contributed by atoms with Crippen LogP contribution in [0.4, 0.5) is 0 Å². The molecule has 4 heteroatoms. The molecule has 106 valence electrons. The third-order valence-electron chi connectivity index (χ3n) is 4.30. The highest BCUT2D eigenvalue weighted by atomic mass is 16.3. The number of aliphatic hydroxyl groups excluding tert-OH is 1. The smallest absolute Gasteiger partial charge is 0.0963 e. The molecule has 1 saturated carbocycles. The topological polar surface area (TPSA) is 73.3 Å². The van der Waals surface area contributed by atoms with Crippen molar-refractivity contribution in [1.82, 2.24) is 4.90 Å². The molecule has 0 aromatic heterocycles. The van der Waals surface area contributed by atoms with Gasteiger partial charge in [-0.3, -0.25) is 5.41 Å². The highest BCUT2D eigenvalue weighted by molar-refractivity contribution is 5.82. The van der Waals surface area contributed by atoms with Crippen LogP contribution in [0.15, 0.2) is 0 Å². The first kappa shape index (κ1) is 15.4. The van der Waals surface area contributed by atoms with Crippen molar-refractivity contribution in [2.45, 2.75) is 64.5 Å². The van der Waals surface area contributed by atoms with Gasteiger partial charge in [0.25, 0.3) is 0 Å². The summed E-state index contributed by atoms with van der Waals surface area (Å²) in [6.07, 6.45) is 6.21. The van der Waals surface area contributed by atoms with Gasteiger partial charge in [0.15, 0.2) is 0 Å². The highest BCUT2D eigenvalue weighted by Gasteiger charge is 2.27. The van der Waals surface area contributed by atoms with Crippen LogP contribution in [0, 0.1) is 10.8 Å². The van der Waals surface area contributed by atoms with Crippen molar-refractivity contribution in [2.24, 2.45) is 11.1 Å². The number of likely N-dealkylation sites (N-methyl/N-ethyl adjacent to an activating group) is 1. The van der Waals surface area contributed by atoms with Crippen LogP contribution in [0.5, 0.6) is 0 Å². The summed E-state index contributed by atoms with van der Waals surface area (Å²) in [6, 6.07) is 0.319. The molecule has 0 aliphatic heterocycles. The fraction of sp³-hybridized carbons (Fsp3) is 0.929. The van der Waals surface area contributed by atoms with E-state index in [0.29, 0.717) is 6.04 Å². The fourth-order valence-corrected chi connectivity index (χ4v) is 2.68. The molecular weight excluding hydrogens is 226 g/mol. The molecule has 2 atom stereocenters. The summed E-state index contributed by atoms with van der Waals surface area (Å²) in [4.78, 5) is 2.28. The van der Waals surface area contributed by atoms with Crippen molar-refractivity contribution >= 4 is 5.84 Å². The quantitative estimate of drug-likeness (QED) is 0.502. The molecule has 0 amide bonds. The van der Waals surface area contributed by atoms with Crippen LogP contribution < -0.4 is 5.73 Å². The second-order valence-electron chi connectivity index (χ2n) is 6.30. The van der Waals surface area contributed by atoms with Crippen molar-refractivity contribution in [1.29, 1.82) is 5.41 Å². The van der Waals surface area contributed by atoms with Crippen LogP contribution in [-0.2, 0) is 0 Å². The van der Waals surface area contributed by atoms with Gasteiger partial charge in [-0.15, -0.1) is 0 Å². The molecule has 4 N–H and O–H groups in total. The largest absolute Gasteiger partial charge is 0.391 e. The lowest BCUT2D eigenvalue weighted by Crippen LogP contribution is -2.44. The fourth-order valence-electron chi connectivity index (χ4n) is 2.68. The van der Waals surface area contributed by atoms with Crippen LogP contribution >= 0.6 is 0 Å². The Morgan fingerprint density at radius 2 is 2.00 bits per heavy atom. The summed E-state index contributed by atoms with van der Waals surface area (Å²) >= 11 is 0. The number of hydrogen-bond acceptors (Lipinski definition) is 3. The van der Waals surface area contributed by atoms with E-state index in [2.05, 4.69) is 11.9 Å². The van der Waals surface area contributed by atoms with Crippen LogP contribution in [0.1, 0.15) is 52.4 Å². The summed E-state index contributed by atoms with van der Waals surface area (Å²) in [5, 5.41) is 17.5. The predicted molar refractivity (Wildman–Crippen MR) is 75.8 cm³/mol. The van der Waals surface area contributed by atoms with Gasteiger partial charge in [0.2, 0.25) is 0 Å². The average Bonchev–Trinajstić information content (AvgIpc) is 2.29. The minimum Gasteiger partial charge on any atom is -0.391 e. The molecule has 4 nitrogen and oxygen atoms in total. The van der Waals surface area contributed by atoms with Gasteiger partial charge in [-0.1, -0.05) is 26.7 Å². The van der Waals surface area contributed by atoms with E-state index in [9.17, 15) is 5.11 Å². The number of aliphatic hydroxyl groups is 1. The number of nitrogens with zero attached hydrogens (tertiary/aromatic N) is 1. The average molecular weight is 255 g/mol. The third kappa shape index (κ3) is 4.25. The maximum Gasteiger partial charge on any atom is 0.0963 e. The summed E-state index contributed by atoms with van der Waals surface area (Å²) in [5.41, 5.74) is 5.38. The van der Waals surface area contributed by atoms with Gasteiger partial charge in [-0.05, 0) is 39.3 Å². The van der Waals surface area contributed by atoms with E-state index in [4.69, 9.17) is 11.1 Å². The van der Waals surface area contributed by atoms with Crippen LogP contribution in [0.3, 0.4) is 0 Å². The Bertz CT molecular complexity index is 278. The molecule has 2 unspecified atom stereocenters. The first-order valence-corrected chi connectivity index (χ1v) is 7.07. The first-order chi connectivity index (χ1) is 8.34.